The van der Waals surface area contributed by atoms with Crippen molar-refractivity contribution in [3.63, 3.8) is 0 Å². The summed E-state index contributed by atoms with van der Waals surface area (Å²) in [5, 5.41) is 5.48. The lowest BCUT2D eigenvalue weighted by molar-refractivity contribution is -0.435. The summed E-state index contributed by atoms with van der Waals surface area (Å²) in [5.41, 5.74) is 39.0. The van der Waals surface area contributed by atoms with Crippen molar-refractivity contribution in [1.82, 2.24) is 0 Å². The van der Waals surface area contributed by atoms with E-state index in [0.29, 0.717) is 11.8 Å². The van der Waals surface area contributed by atoms with Crippen LogP contribution < -0.4 is 9.80 Å². The molecule has 0 aliphatic heterocycles. The first-order valence-electron chi connectivity index (χ1n) is 41.4. The molecule has 0 aromatic heterocycles. The van der Waals surface area contributed by atoms with Gasteiger partial charge in [0, 0.05) is 82.4 Å². The fourth-order valence-electron chi connectivity index (χ4n) is 20.4. The van der Waals surface area contributed by atoms with Crippen molar-refractivity contribution in [1.29, 1.82) is 0 Å². The first-order valence-corrected chi connectivity index (χ1v) is 41.4. The van der Waals surface area contributed by atoms with Crippen LogP contribution in [0.15, 0.2) is 230 Å². The van der Waals surface area contributed by atoms with Crippen LogP contribution >= 0.6 is 0 Å². The molecule has 4 nitrogen and oxygen atoms in total. The second-order valence-corrected chi connectivity index (χ2v) is 33.0. The van der Waals surface area contributed by atoms with Gasteiger partial charge >= 0.3 is 0 Å². The monoisotopic (exact) mass is 1430 g/mol. The highest BCUT2D eigenvalue weighted by Gasteiger charge is 2.31. The minimum absolute atomic E-state index is 0.704. The van der Waals surface area contributed by atoms with Gasteiger partial charge in [-0.15, -0.1) is 0 Å². The molecule has 0 unspecified atom stereocenters. The largest absolute Gasteiger partial charge is 0.341 e. The van der Waals surface area contributed by atoms with E-state index in [-0.39, 0.29) is 0 Å². The maximum atomic E-state index is 2.50. The smallest absolute Gasteiger partial charge is 0.211 e. The number of benzene rings is 10. The summed E-state index contributed by atoms with van der Waals surface area (Å²) in [5.74, 6) is 3.08. The van der Waals surface area contributed by atoms with Crippen LogP contribution in [0.2, 0.25) is 0 Å². The van der Waals surface area contributed by atoms with Crippen molar-refractivity contribution in [3.8, 4) is 0 Å². The molecule has 2 fully saturated rings. The van der Waals surface area contributed by atoms with Gasteiger partial charge in [0.25, 0.3) is 0 Å². The van der Waals surface area contributed by atoms with E-state index in [0.717, 1.165) is 50.9 Å². The molecule has 10 aromatic rings. The Morgan fingerprint density at radius 2 is 0.615 bits per heavy atom. The number of hydrogen-bond acceptors (Lipinski definition) is 2. The highest BCUT2D eigenvalue weighted by molar-refractivity contribution is 6.08. The van der Waals surface area contributed by atoms with Gasteiger partial charge in [-0.2, -0.15) is 9.15 Å². The zero-order valence-electron chi connectivity index (χ0n) is 68.5. The fraction of sp³-hybridized carbons (Fsp3) is 0.333. The lowest BCUT2D eigenvalue weighted by atomic mass is 9.71. The van der Waals surface area contributed by atoms with Gasteiger partial charge in [-0.3, -0.25) is 0 Å². The second-order valence-electron chi connectivity index (χ2n) is 33.0. The van der Waals surface area contributed by atoms with Gasteiger partial charge in [-0.05, 0) is 352 Å². The van der Waals surface area contributed by atoms with E-state index in [1.165, 1.54) is 247 Å². The van der Waals surface area contributed by atoms with Gasteiger partial charge in [0.2, 0.25) is 22.8 Å². The Morgan fingerprint density at radius 3 is 0.917 bits per heavy atom. The molecule has 0 atom stereocenters. The number of aryl methyl sites for hydroxylation is 12. The molecule has 0 amide bonds. The minimum atomic E-state index is 0.704. The molecule has 0 N–H and O–H groups in total. The normalized spacial score (nSPS) is 17.1. The third kappa shape index (κ3) is 16.0. The molecule has 10 aromatic carbocycles. The first-order chi connectivity index (χ1) is 52.8. The summed E-state index contributed by atoms with van der Waals surface area (Å²) in [4.78, 5) is 4.97. The molecule has 0 bridgehead atoms. The Bertz CT molecular complexity index is 4900. The van der Waals surface area contributed by atoms with Gasteiger partial charge in [0.15, 0.2) is 0 Å². The molecule has 0 radical (unpaired) electrons. The minimum Gasteiger partial charge on any atom is -0.341 e. The summed E-state index contributed by atoms with van der Waals surface area (Å²) in [7, 11) is 0. The van der Waals surface area contributed by atoms with E-state index in [4.69, 9.17) is 0 Å². The van der Waals surface area contributed by atoms with Crippen molar-refractivity contribution >= 4 is 78.2 Å². The molecule has 4 aliphatic rings. The highest BCUT2D eigenvalue weighted by atomic mass is 15.1. The predicted molar refractivity (Wildman–Crippen MR) is 471 cm³/mol. The molecule has 4 aliphatic carbocycles. The van der Waals surface area contributed by atoms with E-state index in [2.05, 4.69) is 348 Å². The Hall–Kier alpha value is -9.90. The van der Waals surface area contributed by atoms with Crippen molar-refractivity contribution in [2.75, 3.05) is 36.0 Å². The lowest BCUT2D eigenvalue weighted by Gasteiger charge is -2.34. The molecular formula is C105H118N4+2. The number of rotatable bonds is 20. The summed E-state index contributed by atoms with van der Waals surface area (Å²) >= 11 is 0. The standard InChI is InChI=1S/C105H118N4/c1-17-106(102-72(9)57-68(5)58-73(102)10)90-47-37-84(38-48-90)100(85-39-49-91(50-40-85)107(18-2)103-74(11)59-69(6)60-75(103)12)98-55-45-88(94-25-21-23-27-96(94)98)66-82-33-29-80(30-34-82)65-81-31-35-83(36-32-81)67-89-46-56-99(97-28-24-22-26-95(89)97)101(86-41-51-92(52-42-86)108(19-3)104-76(13)61-70(7)62-77(104)14)87-43-53-93(54-44-87)109(20-4)105-78(15)63-71(8)64-79(105)16/h21-28,37-64,80-83H,17-20,29-36,65-67H2,1-16H3/q+2. The van der Waals surface area contributed by atoms with Crippen molar-refractivity contribution in [3.05, 3.63) is 330 Å². The van der Waals surface area contributed by atoms with Crippen LogP contribution in [-0.2, 0) is 12.8 Å². The maximum absolute atomic E-state index is 2.50. The van der Waals surface area contributed by atoms with Crippen LogP contribution in [0, 0.1) is 107 Å². The first kappa shape index (κ1) is 75.9. The summed E-state index contributed by atoms with van der Waals surface area (Å²) in [6.45, 7) is 39.5. The van der Waals surface area contributed by atoms with Crippen LogP contribution in [0.4, 0.5) is 34.1 Å². The van der Waals surface area contributed by atoms with Crippen LogP contribution in [0.25, 0.3) is 32.7 Å². The third-order valence-corrected chi connectivity index (χ3v) is 24.9. The van der Waals surface area contributed by atoms with Crippen LogP contribution in [0.5, 0.6) is 0 Å². The quantitative estimate of drug-likeness (QED) is 0.0705. The van der Waals surface area contributed by atoms with Crippen molar-refractivity contribution in [2.45, 2.75) is 181 Å². The Morgan fingerprint density at radius 1 is 0.321 bits per heavy atom. The molecule has 0 spiro atoms. The number of anilines is 4. The summed E-state index contributed by atoms with van der Waals surface area (Å²) < 4.78 is 4.97. The number of hydrogen-bond donors (Lipinski definition) is 0. The summed E-state index contributed by atoms with van der Waals surface area (Å²) in [6.07, 6.45) is 33.4. The Balaban J connectivity index is 0.673. The van der Waals surface area contributed by atoms with Gasteiger partial charge in [0.05, 0.1) is 0 Å². The van der Waals surface area contributed by atoms with Gasteiger partial charge in [-0.1, -0.05) is 169 Å². The molecule has 0 heterocycles. The molecule has 14 rings (SSSR count). The second kappa shape index (κ2) is 33.1. The van der Waals surface area contributed by atoms with Crippen LogP contribution in [0.3, 0.4) is 0 Å². The predicted octanol–water partition coefficient (Wildman–Crippen LogP) is 27.3. The van der Waals surface area contributed by atoms with E-state index in [1.807, 2.05) is 0 Å². The SMILES string of the molecule is CCN(c1ccc(C(=C2C=CC(=[N+](CC)c3c(C)cc(C)cc3C)C=C2)c2ccc(CC3CCC(CC4CCC(Cc5ccc(C(=C6C=CC(=[N+](CC)c7c(C)cc(C)cc7C)C=C6)c6ccc(N(CC)c7c(C)cc(C)cc7C)cc6)c6ccccc56)CC4)CC3)c3ccccc23)cc1)c1c(C)cc(C)cc1C. The zero-order chi connectivity index (χ0) is 76.3. The topological polar surface area (TPSA) is 12.5 Å². The van der Waals surface area contributed by atoms with Crippen molar-refractivity contribution < 1.29 is 9.15 Å². The molecule has 4 heteroatoms. The fourth-order valence-corrected chi connectivity index (χ4v) is 20.4. The van der Waals surface area contributed by atoms with Crippen LogP contribution in [-0.4, -0.2) is 46.8 Å². The van der Waals surface area contributed by atoms with Crippen LogP contribution in [0.1, 0.15) is 186 Å². The van der Waals surface area contributed by atoms with Gasteiger partial charge in [-0.25, -0.2) is 0 Å². The Kier molecular flexibility index (Phi) is 23.1. The third-order valence-electron chi connectivity index (χ3n) is 24.9. The molecule has 556 valence electrons. The van der Waals surface area contributed by atoms with E-state index in [9.17, 15) is 0 Å². The summed E-state index contributed by atoms with van der Waals surface area (Å²) in [6, 6.07) is 66.1. The highest BCUT2D eigenvalue weighted by Crippen LogP contribution is 2.46. The van der Waals surface area contributed by atoms with Crippen molar-refractivity contribution in [2.24, 2.45) is 23.7 Å². The number of fused-ring (bicyclic) bond motifs is 2. The molecule has 0 saturated heterocycles. The van der Waals surface area contributed by atoms with Gasteiger partial charge in [0.1, 0.15) is 13.1 Å². The lowest BCUT2D eigenvalue weighted by Crippen LogP contribution is -2.22. The molecule has 109 heavy (non-hydrogen) atoms. The average Bonchev–Trinajstić information content (AvgIpc) is 0.766. The average molecular weight is 1440 g/mol. The van der Waals surface area contributed by atoms with E-state index < -0.39 is 0 Å². The van der Waals surface area contributed by atoms with E-state index in [1.54, 1.807) is 0 Å². The number of allylic oxidation sites excluding steroid dienone is 10. The molecule has 2 saturated carbocycles. The van der Waals surface area contributed by atoms with E-state index >= 15 is 0 Å². The molecular weight excluding hydrogens is 1320 g/mol. The Labute approximate surface area is 654 Å². The number of nitrogens with zero attached hydrogens (tertiary/aromatic N) is 4. The van der Waals surface area contributed by atoms with Gasteiger partial charge < -0.3 is 9.80 Å². The maximum Gasteiger partial charge on any atom is 0.211 e. The zero-order valence-corrected chi connectivity index (χ0v) is 68.5.